The third kappa shape index (κ3) is 5.93. The van der Waals surface area contributed by atoms with Gasteiger partial charge in [-0.05, 0) is 37.2 Å². The lowest BCUT2D eigenvalue weighted by molar-refractivity contribution is -0.124. The standard InChI is InChI=1S/C19H21F2N3O2/c1-13-5-3-4-6-14(13)11-24(2)12-19(26)22-10-18(25)23-15-7-8-16(20)17(21)9-15/h3-9H,10-12H2,1-2H3,(H,22,26)(H,23,25). The van der Waals surface area contributed by atoms with Gasteiger partial charge in [0.1, 0.15) is 0 Å². The highest BCUT2D eigenvalue weighted by Gasteiger charge is 2.11. The first-order valence-electron chi connectivity index (χ1n) is 8.10. The van der Waals surface area contributed by atoms with Crippen molar-refractivity contribution >= 4 is 17.5 Å². The van der Waals surface area contributed by atoms with Crippen LogP contribution in [0.5, 0.6) is 0 Å². The van der Waals surface area contributed by atoms with Gasteiger partial charge in [0, 0.05) is 18.3 Å². The Morgan fingerprint density at radius 2 is 1.77 bits per heavy atom. The van der Waals surface area contributed by atoms with Gasteiger partial charge in [0.05, 0.1) is 13.1 Å². The minimum atomic E-state index is -1.05. The van der Waals surface area contributed by atoms with Crippen molar-refractivity contribution in [2.75, 3.05) is 25.5 Å². The van der Waals surface area contributed by atoms with Gasteiger partial charge in [-0.25, -0.2) is 8.78 Å². The number of amides is 2. The van der Waals surface area contributed by atoms with Crippen LogP contribution in [0.2, 0.25) is 0 Å². The predicted octanol–water partition coefficient (Wildman–Crippen LogP) is 2.46. The second kappa shape index (κ2) is 9.05. The van der Waals surface area contributed by atoms with Gasteiger partial charge < -0.3 is 10.6 Å². The molecule has 26 heavy (non-hydrogen) atoms. The van der Waals surface area contributed by atoms with Crippen LogP contribution in [-0.4, -0.2) is 36.9 Å². The van der Waals surface area contributed by atoms with Crippen LogP contribution in [0.15, 0.2) is 42.5 Å². The zero-order chi connectivity index (χ0) is 19.1. The smallest absolute Gasteiger partial charge is 0.243 e. The van der Waals surface area contributed by atoms with E-state index in [1.165, 1.54) is 6.07 Å². The molecule has 0 bridgehead atoms. The lowest BCUT2D eigenvalue weighted by atomic mass is 10.1. The number of hydrogen-bond acceptors (Lipinski definition) is 3. The molecule has 2 rings (SSSR count). The molecule has 0 aliphatic heterocycles. The molecular weight excluding hydrogens is 340 g/mol. The Morgan fingerprint density at radius 1 is 1.04 bits per heavy atom. The number of hydrogen-bond donors (Lipinski definition) is 2. The second-order valence-corrected chi connectivity index (χ2v) is 6.05. The van der Waals surface area contributed by atoms with Crippen LogP contribution < -0.4 is 10.6 Å². The van der Waals surface area contributed by atoms with Gasteiger partial charge in [-0.1, -0.05) is 24.3 Å². The normalized spacial score (nSPS) is 10.7. The average Bonchev–Trinajstić information content (AvgIpc) is 2.58. The number of anilines is 1. The van der Waals surface area contributed by atoms with Gasteiger partial charge in [-0.3, -0.25) is 14.5 Å². The van der Waals surface area contributed by atoms with Crippen molar-refractivity contribution < 1.29 is 18.4 Å². The van der Waals surface area contributed by atoms with Crippen molar-refractivity contribution in [3.8, 4) is 0 Å². The Labute approximate surface area is 151 Å². The molecule has 5 nitrogen and oxygen atoms in total. The summed E-state index contributed by atoms with van der Waals surface area (Å²) in [6.07, 6.45) is 0. The summed E-state index contributed by atoms with van der Waals surface area (Å²) in [4.78, 5) is 25.6. The van der Waals surface area contributed by atoms with Crippen LogP contribution in [0.4, 0.5) is 14.5 Å². The van der Waals surface area contributed by atoms with E-state index in [2.05, 4.69) is 10.6 Å². The summed E-state index contributed by atoms with van der Waals surface area (Å²) in [5.41, 5.74) is 2.39. The Bertz CT molecular complexity index is 796. The van der Waals surface area contributed by atoms with Crippen molar-refractivity contribution in [3.05, 3.63) is 65.2 Å². The summed E-state index contributed by atoms with van der Waals surface area (Å²) < 4.78 is 25.9. The van der Waals surface area contributed by atoms with E-state index in [0.29, 0.717) is 6.54 Å². The SMILES string of the molecule is Cc1ccccc1CN(C)CC(=O)NCC(=O)Nc1ccc(F)c(F)c1. The third-order valence-electron chi connectivity index (χ3n) is 3.76. The summed E-state index contributed by atoms with van der Waals surface area (Å²) in [6, 6.07) is 10.9. The van der Waals surface area contributed by atoms with Gasteiger partial charge >= 0.3 is 0 Å². The lowest BCUT2D eigenvalue weighted by Gasteiger charge is -2.17. The van der Waals surface area contributed by atoms with Crippen molar-refractivity contribution in [2.45, 2.75) is 13.5 Å². The van der Waals surface area contributed by atoms with E-state index in [0.717, 1.165) is 23.3 Å². The molecule has 0 spiro atoms. The Morgan fingerprint density at radius 3 is 2.46 bits per heavy atom. The first-order valence-corrected chi connectivity index (χ1v) is 8.10. The number of carbonyl (C=O) groups is 2. The fraction of sp³-hybridized carbons (Fsp3) is 0.263. The third-order valence-corrected chi connectivity index (χ3v) is 3.76. The maximum atomic E-state index is 13.1. The molecular formula is C19H21F2N3O2. The fourth-order valence-corrected chi connectivity index (χ4v) is 2.39. The van der Waals surface area contributed by atoms with E-state index in [-0.39, 0.29) is 24.7 Å². The zero-order valence-corrected chi connectivity index (χ0v) is 14.7. The molecule has 0 aliphatic rings. The molecule has 2 aromatic rings. The average molecular weight is 361 g/mol. The number of benzene rings is 2. The van der Waals surface area contributed by atoms with E-state index < -0.39 is 17.5 Å². The highest BCUT2D eigenvalue weighted by Crippen LogP contribution is 2.12. The fourth-order valence-electron chi connectivity index (χ4n) is 2.39. The van der Waals surface area contributed by atoms with Gasteiger partial charge in [-0.2, -0.15) is 0 Å². The van der Waals surface area contributed by atoms with Crippen molar-refractivity contribution in [1.29, 1.82) is 0 Å². The van der Waals surface area contributed by atoms with Crippen LogP contribution in [0.1, 0.15) is 11.1 Å². The topological polar surface area (TPSA) is 61.4 Å². The molecule has 0 saturated heterocycles. The Hall–Kier alpha value is -2.80. The number of halogens is 2. The molecule has 0 radical (unpaired) electrons. The molecule has 2 aromatic carbocycles. The van der Waals surface area contributed by atoms with Crippen molar-refractivity contribution in [2.24, 2.45) is 0 Å². The number of likely N-dealkylation sites (N-methyl/N-ethyl adjacent to an activating group) is 1. The Balaban J connectivity index is 1.76. The number of nitrogens with zero attached hydrogens (tertiary/aromatic N) is 1. The molecule has 0 aliphatic carbocycles. The summed E-state index contributed by atoms with van der Waals surface area (Å²) in [5.74, 6) is -2.87. The van der Waals surface area contributed by atoms with Crippen LogP contribution in [0.3, 0.4) is 0 Å². The zero-order valence-electron chi connectivity index (χ0n) is 14.7. The summed E-state index contributed by atoms with van der Waals surface area (Å²) >= 11 is 0. The van der Waals surface area contributed by atoms with Gasteiger partial charge in [-0.15, -0.1) is 0 Å². The van der Waals surface area contributed by atoms with Crippen LogP contribution in [0, 0.1) is 18.6 Å². The number of nitrogens with one attached hydrogen (secondary N) is 2. The molecule has 7 heteroatoms. The first kappa shape index (κ1) is 19.5. The van der Waals surface area contributed by atoms with Gasteiger partial charge in [0.25, 0.3) is 0 Å². The monoisotopic (exact) mass is 361 g/mol. The summed E-state index contributed by atoms with van der Waals surface area (Å²) in [5, 5.41) is 4.89. The summed E-state index contributed by atoms with van der Waals surface area (Å²) in [6.45, 7) is 2.50. The van der Waals surface area contributed by atoms with E-state index in [9.17, 15) is 18.4 Å². The largest absolute Gasteiger partial charge is 0.346 e. The Kier molecular flexibility index (Phi) is 6.80. The molecule has 0 fully saturated rings. The van der Waals surface area contributed by atoms with Crippen LogP contribution in [0.25, 0.3) is 0 Å². The molecule has 0 unspecified atom stereocenters. The highest BCUT2D eigenvalue weighted by atomic mass is 19.2. The minimum absolute atomic E-state index is 0.125. The van der Waals surface area contributed by atoms with Gasteiger partial charge in [0.15, 0.2) is 11.6 Å². The quantitative estimate of drug-likeness (QED) is 0.796. The van der Waals surface area contributed by atoms with E-state index in [1.54, 1.807) is 0 Å². The van der Waals surface area contributed by atoms with Crippen LogP contribution >= 0.6 is 0 Å². The van der Waals surface area contributed by atoms with E-state index >= 15 is 0 Å². The van der Waals surface area contributed by atoms with Crippen molar-refractivity contribution in [1.82, 2.24) is 10.2 Å². The maximum absolute atomic E-state index is 13.1. The second-order valence-electron chi connectivity index (χ2n) is 6.05. The molecule has 138 valence electrons. The molecule has 2 N–H and O–H groups in total. The van der Waals surface area contributed by atoms with E-state index in [4.69, 9.17) is 0 Å². The van der Waals surface area contributed by atoms with Gasteiger partial charge in [0.2, 0.25) is 11.8 Å². The van der Waals surface area contributed by atoms with E-state index in [1.807, 2.05) is 43.1 Å². The molecule has 2 amide bonds. The first-order chi connectivity index (χ1) is 12.3. The predicted molar refractivity (Wildman–Crippen MR) is 95.5 cm³/mol. The lowest BCUT2D eigenvalue weighted by Crippen LogP contribution is -2.39. The van der Waals surface area contributed by atoms with Crippen LogP contribution in [-0.2, 0) is 16.1 Å². The maximum Gasteiger partial charge on any atom is 0.243 e. The van der Waals surface area contributed by atoms with Crippen molar-refractivity contribution in [3.63, 3.8) is 0 Å². The molecule has 0 heterocycles. The molecule has 0 saturated carbocycles. The molecule has 0 atom stereocenters. The number of carbonyl (C=O) groups excluding carboxylic acids is 2. The molecule has 0 aromatic heterocycles. The number of rotatable bonds is 7. The summed E-state index contributed by atoms with van der Waals surface area (Å²) in [7, 11) is 1.81. The minimum Gasteiger partial charge on any atom is -0.346 e. The number of aryl methyl sites for hydroxylation is 1. The highest BCUT2D eigenvalue weighted by molar-refractivity contribution is 5.94.